The van der Waals surface area contributed by atoms with Crippen LogP contribution in [0.25, 0.3) is 11.0 Å². The topological polar surface area (TPSA) is 194 Å². The van der Waals surface area contributed by atoms with E-state index >= 15 is 0 Å². The van der Waals surface area contributed by atoms with Crippen LogP contribution >= 0.6 is 21.6 Å². The van der Waals surface area contributed by atoms with Gasteiger partial charge in [-0.2, -0.15) is 0 Å². The van der Waals surface area contributed by atoms with Crippen molar-refractivity contribution in [2.24, 2.45) is 23.5 Å². The standard InChI is InChI=1S/C43H52N4O9S2/c1-4-23(8-11-49)41(53)56-42(2)9-7-25-22-57-58-34-14-29(21-50)38(45-3)31-20-47(39(31)34)36(51)15-28-19-46-35(44)16-30(28)37(25)43(42)18-27-13-26-12-24(6-5-10-48)40(52)54-32(26)17-33(27)55-43/h4,7,12-13,16-17,21,29,31,34,37-39,45-46,48-49H,5-6,8-11,14-15,18-20,22,44H2,1-3H3/b23-4+/t29-,31-,34-,37-,38-,39-,42-,43-/m1/s1. The Labute approximate surface area is 345 Å². The lowest BCUT2D eigenvalue weighted by Crippen LogP contribution is -2.71. The minimum Gasteiger partial charge on any atom is -0.481 e. The van der Waals surface area contributed by atoms with E-state index in [0.29, 0.717) is 84.6 Å². The first-order valence-electron chi connectivity index (χ1n) is 20.2. The molecule has 6 aliphatic rings. The molecule has 1 aromatic carbocycles. The molecule has 6 N–H and O–H groups in total. The van der Waals surface area contributed by atoms with Crippen LogP contribution in [0.1, 0.15) is 57.1 Å². The van der Waals surface area contributed by atoms with E-state index in [1.165, 1.54) is 0 Å². The maximum absolute atomic E-state index is 14.5. The van der Waals surface area contributed by atoms with Crippen LogP contribution in [0.3, 0.4) is 0 Å². The fraction of sp³-hybridized carbons (Fsp3) is 0.535. The van der Waals surface area contributed by atoms with Crippen LogP contribution in [0, 0.1) is 17.8 Å². The second kappa shape index (κ2) is 16.2. The number of esters is 1. The number of ether oxygens (including phenoxy) is 2. The number of hydrogen-bond donors (Lipinski definition) is 5. The zero-order valence-corrected chi connectivity index (χ0v) is 34.7. The number of nitrogens with zero attached hydrogens (tertiary/aromatic N) is 1. The molecule has 8 rings (SSSR count). The monoisotopic (exact) mass is 832 g/mol. The molecule has 0 radical (unpaired) electrons. The minimum absolute atomic E-state index is 0.00945. The third kappa shape index (κ3) is 6.89. The summed E-state index contributed by atoms with van der Waals surface area (Å²) in [4.78, 5) is 55.8. The van der Waals surface area contributed by atoms with Crippen LogP contribution in [-0.2, 0) is 32.0 Å². The summed E-state index contributed by atoms with van der Waals surface area (Å²) in [6.45, 7) is 4.28. The van der Waals surface area contributed by atoms with Gasteiger partial charge in [0.05, 0.1) is 24.2 Å². The fourth-order valence-electron chi connectivity index (χ4n) is 10.3. The summed E-state index contributed by atoms with van der Waals surface area (Å²) in [5.74, 6) is 0.495. The molecule has 2 aliphatic carbocycles. The SMILES string of the molecule is C/C=C(\CCO)C(=O)O[C@]1(C)CC=C2CSS[C@@H]3C[C@H](C=O)[C@@H](NC)[C@H]4CN(C(=O)CC5=C(C=C(N)NC5)[C@@H]2[C@]12Cc1cc5cc(CCCO)c(=O)oc5cc1O2)[C@H]43. The number of aldehydes is 1. The molecule has 13 nitrogen and oxygen atoms in total. The van der Waals surface area contributed by atoms with E-state index in [2.05, 4.69) is 16.7 Å². The number of amides is 1. The Morgan fingerprint density at radius 1 is 1.22 bits per heavy atom. The lowest BCUT2D eigenvalue weighted by molar-refractivity contribution is -0.186. The van der Waals surface area contributed by atoms with Crippen molar-refractivity contribution >= 4 is 50.7 Å². The van der Waals surface area contributed by atoms with Crippen molar-refractivity contribution in [2.75, 3.05) is 39.1 Å². The second-order valence-corrected chi connectivity index (χ2v) is 19.1. The average molecular weight is 833 g/mol. The van der Waals surface area contributed by atoms with Crippen LogP contribution in [0.5, 0.6) is 5.75 Å². The highest BCUT2D eigenvalue weighted by atomic mass is 33.1. The first-order chi connectivity index (χ1) is 28.0. The quantitative estimate of drug-likeness (QED) is 0.0616. The van der Waals surface area contributed by atoms with Gasteiger partial charge in [0, 0.05) is 97.0 Å². The van der Waals surface area contributed by atoms with E-state index < -0.39 is 28.7 Å². The predicted octanol–water partition coefficient (Wildman–Crippen LogP) is 3.46. The van der Waals surface area contributed by atoms with Gasteiger partial charge in [-0.15, -0.1) is 0 Å². The average Bonchev–Trinajstić information content (AvgIpc) is 3.56. The van der Waals surface area contributed by atoms with Gasteiger partial charge in [-0.3, -0.25) is 4.79 Å². The zero-order valence-electron chi connectivity index (χ0n) is 33.1. The van der Waals surface area contributed by atoms with Crippen molar-refractivity contribution < 1.29 is 38.5 Å². The number of fused-ring (bicyclic) bond motifs is 5. The Balaban J connectivity index is 1.27. The van der Waals surface area contributed by atoms with Crippen molar-refractivity contribution in [2.45, 2.75) is 87.3 Å². The molecule has 5 heterocycles. The van der Waals surface area contributed by atoms with Gasteiger partial charge >= 0.3 is 11.6 Å². The smallest absolute Gasteiger partial charge is 0.339 e. The molecule has 1 spiro atoms. The molecule has 8 atom stereocenters. The summed E-state index contributed by atoms with van der Waals surface area (Å²) in [5, 5.41) is 26.7. The third-order valence-electron chi connectivity index (χ3n) is 13.3. The van der Waals surface area contributed by atoms with Gasteiger partial charge < -0.3 is 50.2 Å². The van der Waals surface area contributed by atoms with E-state index in [1.54, 1.807) is 46.7 Å². The summed E-state index contributed by atoms with van der Waals surface area (Å²) in [5.41, 5.74) is 8.34. The Kier molecular flexibility index (Phi) is 11.4. The molecule has 0 bridgehead atoms. The highest BCUT2D eigenvalue weighted by Gasteiger charge is 2.64. The van der Waals surface area contributed by atoms with Crippen LogP contribution in [0.15, 0.2) is 73.8 Å². The van der Waals surface area contributed by atoms with Gasteiger partial charge in [-0.25, -0.2) is 9.59 Å². The summed E-state index contributed by atoms with van der Waals surface area (Å²) < 4.78 is 19.7. The molecule has 15 heteroatoms. The molecule has 2 fully saturated rings. The molecular weight excluding hydrogens is 781 g/mol. The van der Waals surface area contributed by atoms with Crippen LogP contribution < -0.4 is 26.7 Å². The zero-order chi connectivity index (χ0) is 40.9. The first kappa shape index (κ1) is 40.7. The number of rotatable bonds is 9. The molecule has 1 amide bonds. The van der Waals surface area contributed by atoms with Crippen LogP contribution in [0.4, 0.5) is 0 Å². The van der Waals surface area contributed by atoms with Crippen molar-refractivity contribution in [3.63, 3.8) is 0 Å². The highest BCUT2D eigenvalue weighted by molar-refractivity contribution is 8.77. The van der Waals surface area contributed by atoms with E-state index in [4.69, 9.17) is 19.6 Å². The van der Waals surface area contributed by atoms with Gasteiger partial charge in [0.1, 0.15) is 17.6 Å². The van der Waals surface area contributed by atoms with Gasteiger partial charge in [0.25, 0.3) is 0 Å². The maximum atomic E-state index is 14.5. The minimum atomic E-state index is -1.27. The number of aryl methyl sites for hydroxylation is 1. The summed E-state index contributed by atoms with van der Waals surface area (Å²) in [6, 6.07) is 5.52. The highest BCUT2D eigenvalue weighted by Crippen LogP contribution is 2.58. The molecule has 1 aromatic heterocycles. The molecule has 4 aliphatic heterocycles. The Bertz CT molecular complexity index is 2200. The number of aliphatic hydroxyl groups excluding tert-OH is 2. The van der Waals surface area contributed by atoms with Gasteiger partial charge in [0.15, 0.2) is 11.2 Å². The molecule has 58 heavy (non-hydrogen) atoms. The molecular formula is C43H52N4O9S2. The van der Waals surface area contributed by atoms with Crippen molar-refractivity contribution in [3.8, 4) is 5.75 Å². The summed E-state index contributed by atoms with van der Waals surface area (Å²) in [6.07, 6.45) is 9.13. The van der Waals surface area contributed by atoms with Crippen LogP contribution in [0.2, 0.25) is 0 Å². The number of allylic oxidation sites excluding steroid dienone is 2. The Morgan fingerprint density at radius 3 is 2.79 bits per heavy atom. The molecule has 1 saturated heterocycles. The molecule has 0 unspecified atom stereocenters. The number of nitrogens with one attached hydrogen (secondary N) is 2. The molecule has 2 aromatic rings. The second-order valence-electron chi connectivity index (χ2n) is 16.5. The van der Waals surface area contributed by atoms with Gasteiger partial charge in [-0.1, -0.05) is 39.3 Å². The summed E-state index contributed by atoms with van der Waals surface area (Å²) >= 11 is 0. The first-order valence-corrected chi connectivity index (χ1v) is 22.6. The van der Waals surface area contributed by atoms with Crippen molar-refractivity contribution in [1.82, 2.24) is 15.5 Å². The van der Waals surface area contributed by atoms with E-state index in [0.717, 1.165) is 28.6 Å². The summed E-state index contributed by atoms with van der Waals surface area (Å²) in [7, 11) is 5.34. The number of aliphatic hydroxyl groups is 2. The van der Waals surface area contributed by atoms with E-state index in [-0.39, 0.29) is 61.1 Å². The lowest BCUT2D eigenvalue weighted by atomic mass is 9.61. The Morgan fingerprint density at radius 2 is 2.05 bits per heavy atom. The largest absolute Gasteiger partial charge is 0.481 e. The predicted molar refractivity (Wildman–Crippen MR) is 223 cm³/mol. The number of hydrogen-bond acceptors (Lipinski definition) is 14. The van der Waals surface area contributed by atoms with E-state index in [1.807, 2.05) is 31.0 Å². The number of dihydropyridines is 1. The molecule has 1 saturated carbocycles. The van der Waals surface area contributed by atoms with Crippen molar-refractivity contribution in [3.05, 3.63) is 86.1 Å². The van der Waals surface area contributed by atoms with Gasteiger partial charge in [0.2, 0.25) is 5.91 Å². The number of benzene rings is 1. The number of nitrogens with two attached hydrogens (primary N) is 1. The normalized spacial score (nSPS) is 31.9. The fourth-order valence-corrected chi connectivity index (χ4v) is 13.4. The number of carbonyl (C=O) groups excluding carboxylic acids is 3. The Hall–Kier alpha value is -4.02. The lowest BCUT2D eigenvalue weighted by Gasteiger charge is -2.58. The van der Waals surface area contributed by atoms with Gasteiger partial charge in [-0.05, 0) is 75.1 Å². The maximum Gasteiger partial charge on any atom is 0.339 e. The van der Waals surface area contributed by atoms with E-state index in [9.17, 15) is 29.4 Å². The van der Waals surface area contributed by atoms with Crippen LogP contribution in [-0.4, -0.2) is 101 Å². The molecule has 310 valence electrons. The number of carbonyl (C=O) groups is 3. The third-order valence-corrected chi connectivity index (χ3v) is 16.1. The van der Waals surface area contributed by atoms with Crippen molar-refractivity contribution in [1.29, 1.82) is 0 Å².